The van der Waals surface area contributed by atoms with Crippen LogP contribution in [0.3, 0.4) is 0 Å². The van der Waals surface area contributed by atoms with E-state index in [2.05, 4.69) is 31.7 Å². The Hall–Kier alpha value is -1.53. The minimum Gasteiger partial charge on any atom is -0.332 e. The van der Waals surface area contributed by atoms with Gasteiger partial charge in [0.2, 0.25) is 0 Å². The van der Waals surface area contributed by atoms with Gasteiger partial charge in [-0.2, -0.15) is 5.10 Å². The van der Waals surface area contributed by atoms with Gasteiger partial charge in [0, 0.05) is 17.8 Å². The van der Waals surface area contributed by atoms with E-state index in [-0.39, 0.29) is 6.03 Å². The molecule has 5 nitrogen and oxygen atoms in total. The topological polar surface area (TPSA) is 59.0 Å². The summed E-state index contributed by atoms with van der Waals surface area (Å²) in [6.07, 6.45) is 1.69. The Morgan fingerprint density at radius 1 is 1.42 bits per heavy atom. The first kappa shape index (κ1) is 13.9. The Kier molecular flexibility index (Phi) is 4.44. The van der Waals surface area contributed by atoms with Crippen molar-refractivity contribution in [2.24, 2.45) is 7.05 Å². The molecule has 2 aromatic rings. The smallest absolute Gasteiger partial charge is 0.319 e. The van der Waals surface area contributed by atoms with Crippen LogP contribution in [0.1, 0.15) is 5.69 Å². The summed E-state index contributed by atoms with van der Waals surface area (Å²) in [6.45, 7) is 0.385. The molecule has 0 unspecified atom stereocenters. The molecule has 2 rings (SSSR count). The fourth-order valence-corrected chi connectivity index (χ4v) is 2.12. The molecule has 2 N–H and O–H groups in total. The third-order valence-corrected chi connectivity index (χ3v) is 3.44. The molecule has 100 valence electrons. The van der Waals surface area contributed by atoms with Crippen molar-refractivity contribution in [2.75, 3.05) is 5.32 Å². The van der Waals surface area contributed by atoms with Gasteiger partial charge in [-0.1, -0.05) is 11.6 Å². The molecule has 7 heteroatoms. The molecule has 0 fully saturated rings. The number of rotatable bonds is 3. The lowest BCUT2D eigenvalue weighted by molar-refractivity contribution is 0.251. The van der Waals surface area contributed by atoms with Crippen molar-refractivity contribution in [3.05, 3.63) is 45.7 Å². The number of urea groups is 1. The number of benzene rings is 1. The van der Waals surface area contributed by atoms with Crippen LogP contribution >= 0.6 is 27.5 Å². The van der Waals surface area contributed by atoms with Crippen LogP contribution in [0.25, 0.3) is 0 Å². The molecule has 0 atom stereocenters. The van der Waals surface area contributed by atoms with Gasteiger partial charge in [-0.3, -0.25) is 4.68 Å². The van der Waals surface area contributed by atoms with Crippen LogP contribution < -0.4 is 10.6 Å². The monoisotopic (exact) mass is 342 g/mol. The molecule has 19 heavy (non-hydrogen) atoms. The average molecular weight is 344 g/mol. The lowest BCUT2D eigenvalue weighted by atomic mass is 10.3. The van der Waals surface area contributed by atoms with Crippen LogP contribution in [-0.2, 0) is 13.6 Å². The molecule has 0 radical (unpaired) electrons. The van der Waals surface area contributed by atoms with Crippen LogP contribution in [-0.4, -0.2) is 15.8 Å². The summed E-state index contributed by atoms with van der Waals surface area (Å²) >= 11 is 9.14. The second kappa shape index (κ2) is 6.08. The number of anilines is 1. The van der Waals surface area contributed by atoms with Gasteiger partial charge >= 0.3 is 6.03 Å². The van der Waals surface area contributed by atoms with Crippen molar-refractivity contribution >= 4 is 39.2 Å². The van der Waals surface area contributed by atoms with Crippen molar-refractivity contribution in [2.45, 2.75) is 6.54 Å². The molecule has 0 saturated heterocycles. The normalized spacial score (nSPS) is 10.3. The van der Waals surface area contributed by atoms with Crippen LogP contribution in [0.5, 0.6) is 0 Å². The number of carbonyl (C=O) groups excluding carboxylic acids is 1. The number of nitrogens with zero attached hydrogens (tertiary/aromatic N) is 2. The van der Waals surface area contributed by atoms with Gasteiger partial charge in [-0.15, -0.1) is 0 Å². The predicted octanol–water partition coefficient (Wildman–Crippen LogP) is 3.16. The Labute approximate surface area is 124 Å². The Bertz CT molecular complexity index is 562. The highest BCUT2D eigenvalue weighted by molar-refractivity contribution is 9.10. The number of hydrogen-bond donors (Lipinski definition) is 2. The molecular formula is C12H12BrClN4O. The first-order chi connectivity index (χ1) is 9.06. The molecule has 0 saturated carbocycles. The number of aromatic nitrogens is 2. The summed E-state index contributed by atoms with van der Waals surface area (Å²) < 4.78 is 2.56. The van der Waals surface area contributed by atoms with E-state index in [1.165, 1.54) is 0 Å². The van der Waals surface area contributed by atoms with Gasteiger partial charge in [-0.25, -0.2) is 4.79 Å². The number of nitrogens with one attached hydrogen (secondary N) is 2. The largest absolute Gasteiger partial charge is 0.332 e. The Morgan fingerprint density at radius 2 is 2.11 bits per heavy atom. The van der Waals surface area contributed by atoms with Gasteiger partial charge in [0.1, 0.15) is 0 Å². The molecule has 0 aliphatic heterocycles. The van der Waals surface area contributed by atoms with Gasteiger partial charge < -0.3 is 10.6 Å². The number of halogens is 2. The molecule has 0 bridgehead atoms. The summed E-state index contributed by atoms with van der Waals surface area (Å²) in [6, 6.07) is 6.63. The van der Waals surface area contributed by atoms with E-state index >= 15 is 0 Å². The fourth-order valence-electron chi connectivity index (χ4n) is 1.51. The SMILES string of the molecule is Cn1ncc(Br)c1CNC(=O)Nc1ccc(Cl)cc1. The molecule has 1 aromatic carbocycles. The zero-order valence-corrected chi connectivity index (χ0v) is 12.5. The highest BCUT2D eigenvalue weighted by Gasteiger charge is 2.07. The average Bonchev–Trinajstić information content (AvgIpc) is 2.70. The van der Waals surface area contributed by atoms with Gasteiger partial charge in [0.15, 0.2) is 0 Å². The van der Waals surface area contributed by atoms with E-state index in [1.54, 1.807) is 35.1 Å². The van der Waals surface area contributed by atoms with Crippen molar-refractivity contribution in [1.29, 1.82) is 0 Å². The Balaban J connectivity index is 1.90. The lowest BCUT2D eigenvalue weighted by Gasteiger charge is -2.08. The van der Waals surface area contributed by atoms with Crippen molar-refractivity contribution in [1.82, 2.24) is 15.1 Å². The highest BCUT2D eigenvalue weighted by Crippen LogP contribution is 2.15. The van der Waals surface area contributed by atoms with Crippen LogP contribution in [0, 0.1) is 0 Å². The van der Waals surface area contributed by atoms with Crippen molar-refractivity contribution in [3.8, 4) is 0 Å². The minimum absolute atomic E-state index is 0.282. The van der Waals surface area contributed by atoms with Crippen LogP contribution in [0.2, 0.25) is 5.02 Å². The summed E-state index contributed by atoms with van der Waals surface area (Å²) in [5, 5.41) is 10.2. The van der Waals surface area contributed by atoms with Gasteiger partial charge in [-0.05, 0) is 40.2 Å². The van der Waals surface area contributed by atoms with Gasteiger partial charge in [0.25, 0.3) is 0 Å². The maximum absolute atomic E-state index is 11.7. The molecular weight excluding hydrogens is 332 g/mol. The number of amides is 2. The summed E-state index contributed by atoms with van der Waals surface area (Å²) in [4.78, 5) is 11.7. The predicted molar refractivity (Wildman–Crippen MR) is 78.2 cm³/mol. The van der Waals surface area contributed by atoms with E-state index in [0.29, 0.717) is 17.3 Å². The van der Waals surface area contributed by atoms with Crippen LogP contribution in [0.4, 0.5) is 10.5 Å². The standard InChI is InChI=1S/C12H12BrClN4O/c1-18-11(10(13)6-16-18)7-15-12(19)17-9-4-2-8(14)3-5-9/h2-6H,7H2,1H3,(H2,15,17,19). The van der Waals surface area contributed by atoms with Crippen molar-refractivity contribution in [3.63, 3.8) is 0 Å². The quantitative estimate of drug-likeness (QED) is 0.899. The van der Waals surface area contributed by atoms with E-state index < -0.39 is 0 Å². The maximum Gasteiger partial charge on any atom is 0.319 e. The lowest BCUT2D eigenvalue weighted by Crippen LogP contribution is -2.29. The van der Waals surface area contributed by atoms with Gasteiger partial charge in [0.05, 0.1) is 22.9 Å². The van der Waals surface area contributed by atoms with Crippen molar-refractivity contribution < 1.29 is 4.79 Å². The first-order valence-electron chi connectivity index (χ1n) is 5.53. The van der Waals surface area contributed by atoms with E-state index in [0.717, 1.165) is 10.2 Å². The first-order valence-corrected chi connectivity index (χ1v) is 6.70. The maximum atomic E-state index is 11.7. The number of hydrogen-bond acceptors (Lipinski definition) is 2. The van der Waals surface area contributed by atoms with E-state index in [4.69, 9.17) is 11.6 Å². The second-order valence-electron chi connectivity index (χ2n) is 3.88. The second-order valence-corrected chi connectivity index (χ2v) is 5.17. The third-order valence-electron chi connectivity index (χ3n) is 2.53. The number of carbonyl (C=O) groups is 1. The molecule has 0 spiro atoms. The number of aryl methyl sites for hydroxylation is 1. The van der Waals surface area contributed by atoms with Crippen LogP contribution in [0.15, 0.2) is 34.9 Å². The third kappa shape index (κ3) is 3.71. The highest BCUT2D eigenvalue weighted by atomic mass is 79.9. The molecule has 0 aliphatic carbocycles. The molecule has 2 amide bonds. The molecule has 0 aliphatic rings. The van der Waals surface area contributed by atoms with E-state index in [1.807, 2.05) is 7.05 Å². The zero-order valence-electron chi connectivity index (χ0n) is 10.2. The summed E-state index contributed by atoms with van der Waals surface area (Å²) in [7, 11) is 1.82. The summed E-state index contributed by atoms with van der Waals surface area (Å²) in [5.74, 6) is 0. The minimum atomic E-state index is -0.282. The zero-order chi connectivity index (χ0) is 13.8. The Morgan fingerprint density at radius 3 is 2.68 bits per heavy atom. The molecule has 1 heterocycles. The summed E-state index contributed by atoms with van der Waals surface area (Å²) in [5.41, 5.74) is 1.58. The fraction of sp³-hybridized carbons (Fsp3) is 0.167. The molecule has 1 aromatic heterocycles. The van der Waals surface area contributed by atoms with E-state index in [9.17, 15) is 4.79 Å².